The number of carbonyl (C=O) groups excluding carboxylic acids is 2. The van der Waals surface area contributed by atoms with Crippen LogP contribution in [0.5, 0.6) is 0 Å². The Hall–Kier alpha value is -2.21. The second-order valence-corrected chi connectivity index (χ2v) is 5.31. The predicted octanol–water partition coefficient (Wildman–Crippen LogP) is 1.61. The van der Waals surface area contributed by atoms with Crippen LogP contribution in [0.15, 0.2) is 35.7 Å². The topological polar surface area (TPSA) is 73.3 Å². The van der Waals surface area contributed by atoms with Gasteiger partial charge in [-0.2, -0.15) is 0 Å². The molecule has 0 atom stereocenters. The van der Waals surface area contributed by atoms with E-state index in [4.69, 9.17) is 10.5 Å². The number of aromatic nitrogens is 1. The number of hydrogen-bond acceptors (Lipinski definition) is 5. The van der Waals surface area contributed by atoms with Crippen molar-refractivity contribution in [3.05, 3.63) is 47.0 Å². The first-order valence-electron chi connectivity index (χ1n) is 6.61. The Balaban J connectivity index is 2.14. The van der Waals surface area contributed by atoms with Gasteiger partial charge >= 0.3 is 11.1 Å². The molecule has 2 rings (SSSR count). The second-order valence-electron chi connectivity index (χ2n) is 4.42. The van der Waals surface area contributed by atoms with Crippen molar-refractivity contribution in [2.75, 3.05) is 12.3 Å². The van der Waals surface area contributed by atoms with E-state index in [9.17, 15) is 9.59 Å². The summed E-state index contributed by atoms with van der Waals surface area (Å²) in [5.74, 6) is -0.369. The molecule has 2 aromatic rings. The lowest BCUT2D eigenvalue weighted by atomic mass is 10.1. The molecule has 0 fully saturated rings. The molecule has 1 aromatic heterocycles. The summed E-state index contributed by atoms with van der Waals surface area (Å²) in [6.45, 7) is 2.21. The number of thiazole rings is 1. The largest absolute Gasteiger partial charge is 0.466 e. The number of esters is 1. The molecule has 0 spiro atoms. The first kappa shape index (κ1) is 15.2. The summed E-state index contributed by atoms with van der Waals surface area (Å²) in [6.07, 6.45) is 0.115. The van der Waals surface area contributed by atoms with Gasteiger partial charge in [-0.05, 0) is 6.92 Å². The Morgan fingerprint density at radius 1 is 1.29 bits per heavy atom. The van der Waals surface area contributed by atoms with Crippen molar-refractivity contribution < 1.29 is 18.9 Å². The van der Waals surface area contributed by atoms with Crippen molar-refractivity contribution in [1.82, 2.24) is 0 Å². The molecule has 2 N–H and O–H groups in total. The summed E-state index contributed by atoms with van der Waals surface area (Å²) < 4.78 is 6.59. The summed E-state index contributed by atoms with van der Waals surface area (Å²) in [6, 6.07) is 9.00. The number of carbonyl (C=O) groups is 2. The Bertz CT molecular complexity index is 638. The van der Waals surface area contributed by atoms with E-state index in [1.54, 1.807) is 29.0 Å². The van der Waals surface area contributed by atoms with E-state index in [0.29, 0.717) is 23.0 Å². The molecule has 0 radical (unpaired) electrons. The molecule has 6 heteroatoms. The number of nitrogen functional groups attached to an aromatic ring is 1. The Morgan fingerprint density at radius 3 is 2.67 bits per heavy atom. The maximum atomic E-state index is 12.2. The third kappa shape index (κ3) is 3.88. The summed E-state index contributed by atoms with van der Waals surface area (Å²) in [4.78, 5) is 23.8. The highest BCUT2D eigenvalue weighted by atomic mass is 32.1. The Kier molecular flexibility index (Phi) is 5.05. The summed E-state index contributed by atoms with van der Waals surface area (Å²) in [5.41, 5.74) is 7.21. The molecule has 0 saturated carbocycles. The SMILES string of the molecule is CCOC(=O)Cc1csc(N)[n+]1CC(=O)c1ccccc1. The van der Waals surface area contributed by atoms with Crippen LogP contribution in [0.25, 0.3) is 0 Å². The van der Waals surface area contributed by atoms with Gasteiger partial charge in [0.2, 0.25) is 5.78 Å². The number of ether oxygens (including phenoxy) is 1. The van der Waals surface area contributed by atoms with Gasteiger partial charge in [0.25, 0.3) is 0 Å². The highest BCUT2D eigenvalue weighted by Crippen LogP contribution is 2.11. The van der Waals surface area contributed by atoms with Gasteiger partial charge in [-0.3, -0.25) is 15.3 Å². The fourth-order valence-electron chi connectivity index (χ4n) is 1.93. The fourth-order valence-corrected chi connectivity index (χ4v) is 2.71. The molecule has 5 nitrogen and oxygen atoms in total. The van der Waals surface area contributed by atoms with E-state index >= 15 is 0 Å². The van der Waals surface area contributed by atoms with Crippen LogP contribution < -0.4 is 10.3 Å². The fraction of sp³-hybridized carbons (Fsp3) is 0.267. The zero-order valence-electron chi connectivity index (χ0n) is 11.7. The maximum absolute atomic E-state index is 12.2. The maximum Gasteiger partial charge on any atom is 0.332 e. The predicted molar refractivity (Wildman–Crippen MR) is 80.0 cm³/mol. The van der Waals surface area contributed by atoms with Crippen LogP contribution in [0.3, 0.4) is 0 Å². The van der Waals surface area contributed by atoms with Crippen molar-refractivity contribution in [2.24, 2.45) is 0 Å². The van der Waals surface area contributed by atoms with Crippen LogP contribution in [-0.2, 0) is 22.5 Å². The molecule has 110 valence electrons. The molecule has 21 heavy (non-hydrogen) atoms. The van der Waals surface area contributed by atoms with E-state index in [0.717, 1.165) is 0 Å². The van der Waals surface area contributed by atoms with E-state index in [-0.39, 0.29) is 24.7 Å². The van der Waals surface area contributed by atoms with Gasteiger partial charge in [0.1, 0.15) is 12.1 Å². The smallest absolute Gasteiger partial charge is 0.332 e. The molecule has 0 aliphatic rings. The molecule has 0 bridgehead atoms. The van der Waals surface area contributed by atoms with Gasteiger partial charge in [0.05, 0.1) is 6.61 Å². The number of rotatable bonds is 6. The molecule has 1 aromatic carbocycles. The van der Waals surface area contributed by atoms with Crippen molar-refractivity contribution in [1.29, 1.82) is 0 Å². The van der Waals surface area contributed by atoms with E-state index < -0.39 is 0 Å². The number of anilines is 1. The van der Waals surface area contributed by atoms with Crippen LogP contribution >= 0.6 is 11.3 Å². The molecule has 0 aliphatic heterocycles. The first-order chi connectivity index (χ1) is 10.1. The lowest BCUT2D eigenvalue weighted by Crippen LogP contribution is -2.43. The van der Waals surface area contributed by atoms with Gasteiger partial charge in [0, 0.05) is 10.9 Å². The van der Waals surface area contributed by atoms with Crippen LogP contribution in [0.1, 0.15) is 23.0 Å². The van der Waals surface area contributed by atoms with Gasteiger partial charge in [-0.1, -0.05) is 41.7 Å². The number of hydrogen-bond donors (Lipinski definition) is 1. The summed E-state index contributed by atoms with van der Waals surface area (Å²) in [5, 5.41) is 2.28. The number of nitrogens with zero attached hydrogens (tertiary/aromatic N) is 1. The number of nitrogens with two attached hydrogens (primary N) is 1. The summed E-state index contributed by atoms with van der Waals surface area (Å²) in [7, 11) is 0. The van der Waals surface area contributed by atoms with Crippen molar-refractivity contribution in [2.45, 2.75) is 19.9 Å². The highest BCUT2D eigenvalue weighted by Gasteiger charge is 2.21. The van der Waals surface area contributed by atoms with Gasteiger partial charge in [-0.25, -0.2) is 4.57 Å². The lowest BCUT2D eigenvalue weighted by Gasteiger charge is -2.04. The number of benzene rings is 1. The van der Waals surface area contributed by atoms with E-state index in [1.807, 2.05) is 18.2 Å². The number of Topliss-reactive ketones (excluding diaryl/α,β-unsaturated/α-hetero) is 1. The Labute approximate surface area is 127 Å². The van der Waals surface area contributed by atoms with Crippen LogP contribution in [0.4, 0.5) is 5.13 Å². The van der Waals surface area contributed by atoms with E-state index in [1.165, 1.54) is 11.3 Å². The normalized spacial score (nSPS) is 10.3. The summed E-state index contributed by atoms with van der Waals surface area (Å²) >= 11 is 1.31. The zero-order valence-corrected chi connectivity index (χ0v) is 12.6. The highest BCUT2D eigenvalue weighted by molar-refractivity contribution is 7.13. The minimum absolute atomic E-state index is 0.0455. The molecule has 0 amide bonds. The molecular formula is C15H17N2O3S+. The van der Waals surface area contributed by atoms with Crippen molar-refractivity contribution >= 4 is 28.2 Å². The second kappa shape index (κ2) is 6.99. The van der Waals surface area contributed by atoms with Crippen LogP contribution in [0, 0.1) is 0 Å². The minimum atomic E-state index is -0.323. The molecule has 0 aliphatic carbocycles. The average Bonchev–Trinajstić information content (AvgIpc) is 2.81. The van der Waals surface area contributed by atoms with Crippen molar-refractivity contribution in [3.8, 4) is 0 Å². The third-order valence-electron chi connectivity index (χ3n) is 2.96. The monoisotopic (exact) mass is 305 g/mol. The van der Waals surface area contributed by atoms with Crippen LogP contribution in [-0.4, -0.2) is 18.4 Å². The first-order valence-corrected chi connectivity index (χ1v) is 7.49. The zero-order chi connectivity index (χ0) is 15.2. The van der Waals surface area contributed by atoms with Gasteiger partial charge in [0.15, 0.2) is 6.54 Å². The third-order valence-corrected chi connectivity index (χ3v) is 3.81. The Morgan fingerprint density at radius 2 is 2.00 bits per heavy atom. The molecular weight excluding hydrogens is 288 g/mol. The molecule has 0 saturated heterocycles. The average molecular weight is 305 g/mol. The van der Waals surface area contributed by atoms with Crippen LogP contribution in [0.2, 0.25) is 0 Å². The minimum Gasteiger partial charge on any atom is -0.466 e. The molecule has 1 heterocycles. The lowest BCUT2D eigenvalue weighted by molar-refractivity contribution is -0.671. The van der Waals surface area contributed by atoms with Gasteiger partial charge < -0.3 is 4.74 Å². The molecule has 0 unspecified atom stereocenters. The number of ketones is 1. The van der Waals surface area contributed by atoms with Crippen molar-refractivity contribution in [3.63, 3.8) is 0 Å². The quantitative estimate of drug-likeness (QED) is 0.500. The van der Waals surface area contributed by atoms with E-state index in [2.05, 4.69) is 0 Å². The van der Waals surface area contributed by atoms with Gasteiger partial charge in [-0.15, -0.1) is 0 Å². The standard InChI is InChI=1S/C15H16N2O3S/c1-2-20-14(19)8-12-10-21-15(16)17(12)9-13(18)11-6-4-3-5-7-11/h3-7,10,16H,2,8-9H2,1H3/p+1.